The van der Waals surface area contributed by atoms with Crippen LogP contribution in [0.25, 0.3) is 0 Å². The van der Waals surface area contributed by atoms with E-state index >= 15 is 0 Å². The fourth-order valence-corrected chi connectivity index (χ4v) is 2.36. The van der Waals surface area contributed by atoms with Crippen LogP contribution in [0.5, 0.6) is 0 Å². The van der Waals surface area contributed by atoms with Crippen molar-refractivity contribution in [2.45, 2.75) is 24.8 Å². The first-order valence-corrected chi connectivity index (χ1v) is 6.28. The summed E-state index contributed by atoms with van der Waals surface area (Å²) in [6, 6.07) is 6.92. The molecular formula is C14H20N2O2. The zero-order chi connectivity index (χ0) is 13.2. The van der Waals surface area contributed by atoms with Gasteiger partial charge in [-0.2, -0.15) is 0 Å². The zero-order valence-electron chi connectivity index (χ0n) is 10.9. The summed E-state index contributed by atoms with van der Waals surface area (Å²) in [7, 11) is 4.24. The van der Waals surface area contributed by atoms with E-state index < -0.39 is 5.97 Å². The predicted octanol–water partition coefficient (Wildman–Crippen LogP) is 2.28. The molecule has 4 nitrogen and oxygen atoms in total. The lowest BCUT2D eigenvalue weighted by molar-refractivity contribution is 0.0696. The normalized spacial score (nSPS) is 17.3. The molecule has 0 unspecified atom stereocenters. The van der Waals surface area contributed by atoms with Crippen molar-refractivity contribution in [3.63, 3.8) is 0 Å². The van der Waals surface area contributed by atoms with Crippen molar-refractivity contribution in [3.05, 3.63) is 29.8 Å². The molecule has 1 aliphatic carbocycles. The first-order chi connectivity index (χ1) is 8.53. The van der Waals surface area contributed by atoms with Crippen LogP contribution >= 0.6 is 0 Å². The summed E-state index contributed by atoms with van der Waals surface area (Å²) >= 11 is 0. The Kier molecular flexibility index (Phi) is 3.57. The van der Waals surface area contributed by atoms with Crippen molar-refractivity contribution in [1.82, 2.24) is 4.90 Å². The maximum Gasteiger partial charge on any atom is 0.335 e. The van der Waals surface area contributed by atoms with Gasteiger partial charge in [-0.3, -0.25) is 0 Å². The molecular weight excluding hydrogens is 228 g/mol. The second kappa shape index (κ2) is 4.98. The summed E-state index contributed by atoms with van der Waals surface area (Å²) in [6.45, 7) is 0.909. The van der Waals surface area contributed by atoms with E-state index in [1.54, 1.807) is 12.1 Å². The lowest BCUT2D eigenvalue weighted by Gasteiger charge is -2.47. The number of likely N-dealkylation sites (N-methyl/N-ethyl adjacent to an activating group) is 1. The number of anilines is 1. The van der Waals surface area contributed by atoms with Gasteiger partial charge in [0.2, 0.25) is 0 Å². The molecule has 0 aromatic heterocycles. The number of hydrogen-bond donors (Lipinski definition) is 2. The third-order valence-corrected chi connectivity index (χ3v) is 3.99. The molecule has 1 aromatic carbocycles. The van der Waals surface area contributed by atoms with E-state index in [1.165, 1.54) is 19.3 Å². The van der Waals surface area contributed by atoms with Crippen LogP contribution in [-0.2, 0) is 0 Å². The Morgan fingerprint density at radius 1 is 1.33 bits per heavy atom. The second-order valence-electron chi connectivity index (χ2n) is 5.21. The second-order valence-corrected chi connectivity index (χ2v) is 5.21. The number of aromatic carboxylic acids is 1. The highest BCUT2D eigenvalue weighted by Crippen LogP contribution is 2.36. The molecule has 0 radical (unpaired) electrons. The molecule has 0 heterocycles. The lowest BCUT2D eigenvalue weighted by atomic mass is 9.75. The van der Waals surface area contributed by atoms with E-state index in [1.807, 2.05) is 12.1 Å². The summed E-state index contributed by atoms with van der Waals surface area (Å²) in [5.41, 5.74) is 1.57. The third-order valence-electron chi connectivity index (χ3n) is 3.99. The van der Waals surface area contributed by atoms with Crippen molar-refractivity contribution in [3.8, 4) is 0 Å². The number of nitrogens with zero attached hydrogens (tertiary/aromatic N) is 1. The molecule has 1 fully saturated rings. The molecule has 4 heteroatoms. The Balaban J connectivity index is 1.96. The number of carboxylic acid groups (broad SMARTS) is 1. The Labute approximate surface area is 108 Å². The first kappa shape index (κ1) is 12.9. The Hall–Kier alpha value is -1.55. The van der Waals surface area contributed by atoms with E-state index in [-0.39, 0.29) is 5.54 Å². The van der Waals surface area contributed by atoms with E-state index in [2.05, 4.69) is 24.3 Å². The number of carbonyl (C=O) groups is 1. The summed E-state index contributed by atoms with van der Waals surface area (Å²) in [5, 5.41) is 12.2. The van der Waals surface area contributed by atoms with Crippen LogP contribution in [0.1, 0.15) is 29.6 Å². The van der Waals surface area contributed by atoms with E-state index in [0.717, 1.165) is 12.2 Å². The third kappa shape index (κ3) is 2.48. The highest BCUT2D eigenvalue weighted by atomic mass is 16.4. The van der Waals surface area contributed by atoms with Crippen molar-refractivity contribution in [1.29, 1.82) is 0 Å². The van der Waals surface area contributed by atoms with E-state index in [0.29, 0.717) is 5.56 Å². The van der Waals surface area contributed by atoms with Crippen LogP contribution in [0.2, 0.25) is 0 Å². The van der Waals surface area contributed by atoms with Gasteiger partial charge in [-0.05, 0) is 57.6 Å². The Bertz CT molecular complexity index is 422. The van der Waals surface area contributed by atoms with Crippen LogP contribution in [-0.4, -0.2) is 42.2 Å². The van der Waals surface area contributed by atoms with Crippen LogP contribution in [0.15, 0.2) is 24.3 Å². The highest BCUT2D eigenvalue weighted by molar-refractivity contribution is 5.87. The van der Waals surface area contributed by atoms with Gasteiger partial charge < -0.3 is 15.3 Å². The average molecular weight is 248 g/mol. The predicted molar refractivity (Wildman–Crippen MR) is 72.2 cm³/mol. The van der Waals surface area contributed by atoms with Crippen LogP contribution < -0.4 is 5.32 Å². The molecule has 98 valence electrons. The minimum atomic E-state index is -0.884. The average Bonchev–Trinajstić information content (AvgIpc) is 2.27. The Morgan fingerprint density at radius 2 is 1.94 bits per heavy atom. The first-order valence-electron chi connectivity index (χ1n) is 6.28. The maximum atomic E-state index is 10.7. The van der Waals surface area contributed by atoms with Crippen LogP contribution in [0.4, 0.5) is 5.69 Å². The molecule has 0 spiro atoms. The molecule has 0 aliphatic heterocycles. The number of hydrogen-bond acceptors (Lipinski definition) is 3. The monoisotopic (exact) mass is 248 g/mol. The summed E-state index contributed by atoms with van der Waals surface area (Å²) < 4.78 is 0. The summed E-state index contributed by atoms with van der Waals surface area (Å²) in [5.74, 6) is -0.884. The van der Waals surface area contributed by atoms with Crippen molar-refractivity contribution >= 4 is 11.7 Å². The van der Waals surface area contributed by atoms with Gasteiger partial charge >= 0.3 is 5.97 Å². The van der Waals surface area contributed by atoms with Crippen LogP contribution in [0.3, 0.4) is 0 Å². The smallest absolute Gasteiger partial charge is 0.335 e. The molecule has 18 heavy (non-hydrogen) atoms. The van der Waals surface area contributed by atoms with E-state index in [9.17, 15) is 4.79 Å². The number of rotatable bonds is 5. The number of carboxylic acids is 1. The van der Waals surface area contributed by atoms with Crippen molar-refractivity contribution < 1.29 is 9.90 Å². The molecule has 1 aliphatic rings. The maximum absolute atomic E-state index is 10.7. The van der Waals surface area contributed by atoms with Gasteiger partial charge in [0.25, 0.3) is 0 Å². The van der Waals surface area contributed by atoms with Gasteiger partial charge in [0.1, 0.15) is 0 Å². The molecule has 1 saturated carbocycles. The molecule has 0 amide bonds. The van der Waals surface area contributed by atoms with Gasteiger partial charge in [-0.15, -0.1) is 0 Å². The van der Waals surface area contributed by atoms with Crippen molar-refractivity contribution in [2.24, 2.45) is 0 Å². The molecule has 1 aromatic rings. The van der Waals surface area contributed by atoms with Gasteiger partial charge in [0, 0.05) is 17.8 Å². The molecule has 2 rings (SSSR count). The number of benzene rings is 1. The fraction of sp³-hybridized carbons (Fsp3) is 0.500. The SMILES string of the molecule is CN(C)C1(CNc2ccc(C(=O)O)cc2)CCC1. The molecule has 0 saturated heterocycles. The fourth-order valence-electron chi connectivity index (χ4n) is 2.36. The van der Waals surface area contributed by atoms with Crippen molar-refractivity contribution in [2.75, 3.05) is 26.0 Å². The molecule has 2 N–H and O–H groups in total. The van der Waals surface area contributed by atoms with Gasteiger partial charge in [0.05, 0.1) is 5.56 Å². The summed E-state index contributed by atoms with van der Waals surface area (Å²) in [6.07, 6.45) is 3.73. The quantitative estimate of drug-likeness (QED) is 0.839. The summed E-state index contributed by atoms with van der Waals surface area (Å²) in [4.78, 5) is 13.0. The topological polar surface area (TPSA) is 52.6 Å². The largest absolute Gasteiger partial charge is 0.478 e. The zero-order valence-corrected chi connectivity index (χ0v) is 10.9. The minimum Gasteiger partial charge on any atom is -0.478 e. The molecule has 0 atom stereocenters. The minimum absolute atomic E-state index is 0.269. The van der Waals surface area contributed by atoms with Gasteiger partial charge in [-0.25, -0.2) is 4.79 Å². The van der Waals surface area contributed by atoms with E-state index in [4.69, 9.17) is 5.11 Å². The van der Waals surface area contributed by atoms with Gasteiger partial charge in [0.15, 0.2) is 0 Å². The van der Waals surface area contributed by atoms with Gasteiger partial charge in [-0.1, -0.05) is 0 Å². The lowest BCUT2D eigenvalue weighted by Crippen LogP contribution is -2.54. The number of nitrogens with one attached hydrogen (secondary N) is 1. The highest BCUT2D eigenvalue weighted by Gasteiger charge is 2.38. The van der Waals surface area contributed by atoms with Crippen LogP contribution in [0, 0.1) is 0 Å². The standard InChI is InChI=1S/C14H20N2O2/c1-16(2)14(8-3-9-14)10-15-12-6-4-11(5-7-12)13(17)18/h4-7,15H,3,8-10H2,1-2H3,(H,17,18). The Morgan fingerprint density at radius 3 is 2.33 bits per heavy atom. The molecule has 0 bridgehead atoms.